The summed E-state index contributed by atoms with van der Waals surface area (Å²) in [5, 5.41) is 3.39. The van der Waals surface area contributed by atoms with Crippen LogP contribution in [0.25, 0.3) is 0 Å². The minimum absolute atomic E-state index is 0.0798. The lowest BCUT2D eigenvalue weighted by molar-refractivity contribution is -0.120. The fraction of sp³-hybridized carbons (Fsp3) is 0.545. The Balaban J connectivity index is 2.10. The van der Waals surface area contributed by atoms with Gasteiger partial charge in [-0.05, 0) is 19.8 Å². The van der Waals surface area contributed by atoms with E-state index >= 15 is 0 Å². The molecule has 6 heteroatoms. The fourth-order valence-electron chi connectivity index (χ4n) is 1.77. The average molecular weight is 252 g/mol. The molecule has 5 nitrogen and oxygen atoms in total. The van der Waals surface area contributed by atoms with Crippen LogP contribution in [0.15, 0.2) is 11.2 Å². The predicted octanol–water partition coefficient (Wildman–Crippen LogP) is 1.13. The summed E-state index contributed by atoms with van der Waals surface area (Å²) in [7, 11) is 0. The van der Waals surface area contributed by atoms with E-state index in [9.17, 15) is 4.79 Å². The van der Waals surface area contributed by atoms with Crippen molar-refractivity contribution >= 4 is 23.5 Å². The molecule has 0 aliphatic carbocycles. The lowest BCUT2D eigenvalue weighted by Crippen LogP contribution is -2.30. The van der Waals surface area contributed by atoms with Crippen molar-refractivity contribution in [2.45, 2.75) is 36.6 Å². The van der Waals surface area contributed by atoms with Gasteiger partial charge in [-0.15, -0.1) is 0 Å². The third-order valence-electron chi connectivity index (χ3n) is 2.59. The normalized spacial score (nSPS) is 20.8. The number of amides is 1. The monoisotopic (exact) mass is 252 g/mol. The first-order chi connectivity index (χ1) is 8.15. The molecule has 3 N–H and O–H groups in total. The van der Waals surface area contributed by atoms with Gasteiger partial charge in [0, 0.05) is 18.3 Å². The second kappa shape index (κ2) is 5.35. The van der Waals surface area contributed by atoms with Crippen LogP contribution in [-0.4, -0.2) is 27.7 Å². The molecule has 17 heavy (non-hydrogen) atoms. The molecule has 1 fully saturated rings. The van der Waals surface area contributed by atoms with Gasteiger partial charge in [-0.1, -0.05) is 18.2 Å². The molecular weight excluding hydrogens is 236 g/mol. The maximum atomic E-state index is 11.8. The number of nitrogens with zero attached hydrogens (tertiary/aromatic N) is 2. The Morgan fingerprint density at radius 3 is 3.06 bits per heavy atom. The highest BCUT2D eigenvalue weighted by atomic mass is 32.2. The largest absolute Gasteiger partial charge is 0.384 e. The molecule has 92 valence electrons. The highest BCUT2D eigenvalue weighted by Crippen LogP contribution is 2.26. The number of nitrogens with two attached hydrogens (primary N) is 1. The molecule has 0 aromatic carbocycles. The van der Waals surface area contributed by atoms with Gasteiger partial charge in [-0.25, -0.2) is 9.97 Å². The van der Waals surface area contributed by atoms with Crippen LogP contribution in [0.4, 0.5) is 5.82 Å². The van der Waals surface area contributed by atoms with Gasteiger partial charge in [0.05, 0.1) is 5.25 Å². The average Bonchev–Trinajstić information content (AvgIpc) is 2.43. The van der Waals surface area contributed by atoms with Crippen LogP contribution in [0.1, 0.15) is 25.0 Å². The Labute approximate surface area is 105 Å². The van der Waals surface area contributed by atoms with Crippen molar-refractivity contribution in [3.05, 3.63) is 11.8 Å². The first kappa shape index (κ1) is 12.2. The molecule has 0 spiro atoms. The summed E-state index contributed by atoms with van der Waals surface area (Å²) in [5.41, 5.74) is 6.49. The van der Waals surface area contributed by atoms with E-state index in [0.29, 0.717) is 11.0 Å². The quantitative estimate of drug-likeness (QED) is 0.771. The van der Waals surface area contributed by atoms with Gasteiger partial charge >= 0.3 is 0 Å². The number of carbonyl (C=O) groups is 1. The van der Waals surface area contributed by atoms with Crippen LogP contribution < -0.4 is 11.1 Å². The number of thioether (sulfide) groups is 1. The highest BCUT2D eigenvalue weighted by Gasteiger charge is 2.22. The van der Waals surface area contributed by atoms with Crippen LogP contribution in [0, 0.1) is 6.92 Å². The summed E-state index contributed by atoms with van der Waals surface area (Å²) in [5.74, 6) is 0.533. The third kappa shape index (κ3) is 3.33. The number of nitrogens with one attached hydrogen (secondary N) is 1. The number of aryl methyl sites for hydroxylation is 1. The number of rotatable bonds is 2. The van der Waals surface area contributed by atoms with Gasteiger partial charge in [-0.2, -0.15) is 0 Å². The van der Waals surface area contributed by atoms with E-state index in [1.165, 1.54) is 11.8 Å². The van der Waals surface area contributed by atoms with Crippen LogP contribution >= 0.6 is 11.8 Å². The minimum Gasteiger partial charge on any atom is -0.384 e. The number of aromatic nitrogens is 2. The van der Waals surface area contributed by atoms with E-state index in [0.717, 1.165) is 31.5 Å². The summed E-state index contributed by atoms with van der Waals surface area (Å²) in [6.07, 6.45) is 2.96. The van der Waals surface area contributed by atoms with Crippen LogP contribution in [-0.2, 0) is 4.79 Å². The molecule has 1 aromatic rings. The van der Waals surface area contributed by atoms with E-state index < -0.39 is 0 Å². The van der Waals surface area contributed by atoms with Gasteiger partial charge in [0.15, 0.2) is 5.16 Å². The zero-order chi connectivity index (χ0) is 12.3. The van der Waals surface area contributed by atoms with E-state index in [2.05, 4.69) is 15.3 Å². The van der Waals surface area contributed by atoms with Crippen molar-refractivity contribution in [1.82, 2.24) is 15.3 Å². The molecule has 1 saturated heterocycles. The number of hydrogen-bond donors (Lipinski definition) is 2. The van der Waals surface area contributed by atoms with Crippen molar-refractivity contribution in [2.24, 2.45) is 0 Å². The third-order valence-corrected chi connectivity index (χ3v) is 3.71. The summed E-state index contributed by atoms with van der Waals surface area (Å²) >= 11 is 1.40. The van der Waals surface area contributed by atoms with Gasteiger partial charge < -0.3 is 11.1 Å². The van der Waals surface area contributed by atoms with Crippen molar-refractivity contribution in [1.29, 1.82) is 0 Å². The van der Waals surface area contributed by atoms with Gasteiger partial charge in [0.2, 0.25) is 5.91 Å². The standard InChI is InChI=1S/C11H16N4OS/c1-7-6-9(12)15-11(14-7)17-8-4-2-3-5-13-10(8)16/h6,8H,2-5H2,1H3,(H,13,16)(H2,12,14,15)/t8-/m1/s1. The van der Waals surface area contributed by atoms with Gasteiger partial charge in [-0.3, -0.25) is 4.79 Å². The molecule has 0 radical (unpaired) electrons. The Bertz CT molecular complexity index is 404. The molecular formula is C11H16N4OS. The van der Waals surface area contributed by atoms with E-state index in [1.807, 2.05) is 6.92 Å². The van der Waals surface area contributed by atoms with Gasteiger partial charge in [0.1, 0.15) is 5.82 Å². The Kier molecular flexibility index (Phi) is 3.83. The molecule has 1 atom stereocenters. The number of nitrogen functional groups attached to an aromatic ring is 1. The summed E-state index contributed by atoms with van der Waals surface area (Å²) in [4.78, 5) is 20.2. The lowest BCUT2D eigenvalue weighted by Gasteiger charge is -2.11. The van der Waals surface area contributed by atoms with Crippen molar-refractivity contribution in [3.8, 4) is 0 Å². The number of anilines is 1. The van der Waals surface area contributed by atoms with E-state index in [1.54, 1.807) is 6.07 Å². The second-order valence-corrected chi connectivity index (χ2v) is 5.28. The maximum absolute atomic E-state index is 11.8. The topological polar surface area (TPSA) is 80.9 Å². The molecule has 0 bridgehead atoms. The minimum atomic E-state index is -0.0984. The zero-order valence-electron chi connectivity index (χ0n) is 9.77. The van der Waals surface area contributed by atoms with Crippen LogP contribution in [0.2, 0.25) is 0 Å². The highest BCUT2D eigenvalue weighted by molar-refractivity contribution is 8.00. The van der Waals surface area contributed by atoms with Crippen molar-refractivity contribution in [2.75, 3.05) is 12.3 Å². The summed E-state index contributed by atoms with van der Waals surface area (Å²) in [6, 6.07) is 1.72. The Morgan fingerprint density at radius 1 is 1.47 bits per heavy atom. The van der Waals surface area contributed by atoms with E-state index in [-0.39, 0.29) is 11.2 Å². The summed E-state index contributed by atoms with van der Waals surface area (Å²) < 4.78 is 0. The zero-order valence-corrected chi connectivity index (χ0v) is 10.6. The van der Waals surface area contributed by atoms with E-state index in [4.69, 9.17) is 5.73 Å². The Hall–Kier alpha value is -1.30. The second-order valence-electron chi connectivity index (χ2n) is 4.11. The smallest absolute Gasteiger partial charge is 0.233 e. The fourth-order valence-corrected chi connectivity index (χ4v) is 2.85. The SMILES string of the molecule is Cc1cc(N)nc(S[C@@H]2CCCCNC2=O)n1. The van der Waals surface area contributed by atoms with Crippen LogP contribution in [0.5, 0.6) is 0 Å². The molecule has 1 amide bonds. The maximum Gasteiger partial charge on any atom is 0.233 e. The summed E-state index contributed by atoms with van der Waals surface area (Å²) in [6.45, 7) is 2.64. The molecule has 2 rings (SSSR count). The molecule has 0 saturated carbocycles. The molecule has 1 aliphatic heterocycles. The van der Waals surface area contributed by atoms with Crippen molar-refractivity contribution in [3.63, 3.8) is 0 Å². The predicted molar refractivity (Wildman–Crippen MR) is 67.7 cm³/mol. The lowest BCUT2D eigenvalue weighted by atomic mass is 10.2. The Morgan fingerprint density at radius 2 is 2.29 bits per heavy atom. The van der Waals surface area contributed by atoms with Gasteiger partial charge in [0.25, 0.3) is 0 Å². The first-order valence-electron chi connectivity index (χ1n) is 5.70. The molecule has 0 unspecified atom stereocenters. The number of carbonyl (C=O) groups excluding carboxylic acids is 1. The first-order valence-corrected chi connectivity index (χ1v) is 6.58. The molecule has 2 heterocycles. The van der Waals surface area contributed by atoms with Crippen LogP contribution in [0.3, 0.4) is 0 Å². The number of hydrogen-bond acceptors (Lipinski definition) is 5. The molecule has 1 aliphatic rings. The molecule has 1 aromatic heterocycles. The van der Waals surface area contributed by atoms with Crippen molar-refractivity contribution < 1.29 is 4.79 Å².